The number of ether oxygens (including phenoxy) is 1. The lowest BCUT2D eigenvalue weighted by Crippen LogP contribution is -2.03. The summed E-state index contributed by atoms with van der Waals surface area (Å²) < 4.78 is 53.7. The van der Waals surface area contributed by atoms with Crippen LogP contribution in [0.1, 0.15) is 11.9 Å². The van der Waals surface area contributed by atoms with E-state index in [1.54, 1.807) is 0 Å². The Hall–Kier alpha value is -0.950. The van der Waals surface area contributed by atoms with Crippen LogP contribution in [0.25, 0.3) is 0 Å². The van der Waals surface area contributed by atoms with E-state index in [1.807, 2.05) is 0 Å². The normalized spacial score (nSPS) is 13.8. The van der Waals surface area contributed by atoms with Crippen molar-refractivity contribution in [2.75, 3.05) is 12.8 Å². The zero-order valence-corrected chi connectivity index (χ0v) is 9.03. The monoisotopic (exact) mass is 255 g/mol. The van der Waals surface area contributed by atoms with Crippen molar-refractivity contribution in [3.63, 3.8) is 0 Å². The first kappa shape index (κ1) is 13.1. The second-order valence-electron chi connectivity index (χ2n) is 2.89. The highest BCUT2D eigenvalue weighted by Crippen LogP contribution is 2.39. The summed E-state index contributed by atoms with van der Waals surface area (Å²) in [4.78, 5) is -0.128. The van der Waals surface area contributed by atoms with E-state index in [4.69, 9.17) is 5.73 Å². The van der Waals surface area contributed by atoms with Gasteiger partial charge in [0.15, 0.2) is 0 Å². The van der Waals surface area contributed by atoms with Gasteiger partial charge < -0.3 is 10.5 Å². The molecule has 0 aliphatic rings. The van der Waals surface area contributed by atoms with Crippen molar-refractivity contribution in [3.8, 4) is 0 Å². The molecule has 0 bridgehead atoms. The van der Waals surface area contributed by atoms with Crippen LogP contribution in [0, 0.1) is 0 Å². The van der Waals surface area contributed by atoms with Gasteiger partial charge in [-0.05, 0) is 30.0 Å². The quantitative estimate of drug-likeness (QED) is 0.510. The smallest absolute Gasteiger partial charge is 0.398 e. The first-order chi connectivity index (χ1) is 7.33. The molecule has 0 saturated carbocycles. The summed E-state index contributed by atoms with van der Waals surface area (Å²) in [6.07, 6.45) is -1.83. The first-order valence-electron chi connectivity index (χ1n) is 4.15. The number of thioether (sulfide) groups is 1. The standard InChI is InChI=1S/C9H9F4NOS/c1-15-8(10)6-4-5(2-3-7(6)14)16-9(11,12)13/h2-4,8H,14H2,1H3. The highest BCUT2D eigenvalue weighted by molar-refractivity contribution is 8.00. The molecule has 0 radical (unpaired) electrons. The summed E-state index contributed by atoms with van der Waals surface area (Å²) in [6.45, 7) is 0. The topological polar surface area (TPSA) is 35.2 Å². The molecule has 0 fully saturated rings. The number of alkyl halides is 4. The lowest BCUT2D eigenvalue weighted by molar-refractivity contribution is -0.0329. The molecule has 0 saturated heterocycles. The van der Waals surface area contributed by atoms with Gasteiger partial charge in [-0.25, -0.2) is 4.39 Å². The fraction of sp³-hybridized carbons (Fsp3) is 0.333. The third-order valence-corrected chi connectivity index (χ3v) is 2.46. The van der Waals surface area contributed by atoms with Crippen molar-refractivity contribution < 1.29 is 22.3 Å². The van der Waals surface area contributed by atoms with Gasteiger partial charge in [0.05, 0.1) is 0 Å². The minimum absolute atomic E-state index is 0.0564. The molecule has 0 spiro atoms. The van der Waals surface area contributed by atoms with Gasteiger partial charge in [0.25, 0.3) is 0 Å². The predicted octanol–water partition coefficient (Wildman–Crippen LogP) is 3.50. The third kappa shape index (κ3) is 3.57. The molecule has 1 aromatic rings. The molecule has 0 amide bonds. The molecule has 0 aromatic heterocycles. The molecule has 7 heteroatoms. The van der Waals surface area contributed by atoms with Gasteiger partial charge in [-0.3, -0.25) is 0 Å². The molecule has 1 aromatic carbocycles. The van der Waals surface area contributed by atoms with Gasteiger partial charge in [-0.1, -0.05) is 0 Å². The van der Waals surface area contributed by atoms with E-state index in [0.717, 1.165) is 13.2 Å². The predicted molar refractivity (Wildman–Crippen MR) is 53.6 cm³/mol. The van der Waals surface area contributed by atoms with Gasteiger partial charge in [0, 0.05) is 23.3 Å². The number of methoxy groups -OCH3 is 1. The Balaban J connectivity index is 2.98. The minimum Gasteiger partial charge on any atom is -0.398 e. The number of rotatable bonds is 3. The van der Waals surface area contributed by atoms with Crippen LogP contribution in [0.2, 0.25) is 0 Å². The molecule has 2 nitrogen and oxygen atoms in total. The average molecular weight is 255 g/mol. The van der Waals surface area contributed by atoms with Crippen molar-refractivity contribution in [2.24, 2.45) is 0 Å². The van der Waals surface area contributed by atoms with Crippen LogP contribution in [0.5, 0.6) is 0 Å². The van der Waals surface area contributed by atoms with Gasteiger partial charge in [-0.2, -0.15) is 13.2 Å². The highest BCUT2D eigenvalue weighted by atomic mass is 32.2. The van der Waals surface area contributed by atoms with Crippen molar-refractivity contribution >= 4 is 17.4 Å². The van der Waals surface area contributed by atoms with Gasteiger partial charge in [0.2, 0.25) is 6.36 Å². The molecule has 1 atom stereocenters. The van der Waals surface area contributed by atoms with E-state index in [0.29, 0.717) is 0 Å². The number of anilines is 1. The van der Waals surface area contributed by atoms with E-state index < -0.39 is 11.9 Å². The second-order valence-corrected chi connectivity index (χ2v) is 4.03. The summed E-state index contributed by atoms with van der Waals surface area (Å²) in [5, 5.41) is 0. The van der Waals surface area contributed by atoms with E-state index in [1.165, 1.54) is 12.1 Å². The van der Waals surface area contributed by atoms with E-state index in [2.05, 4.69) is 4.74 Å². The van der Waals surface area contributed by atoms with E-state index >= 15 is 0 Å². The number of benzene rings is 1. The van der Waals surface area contributed by atoms with Gasteiger partial charge in [-0.15, -0.1) is 0 Å². The summed E-state index contributed by atoms with van der Waals surface area (Å²) in [7, 11) is 1.10. The Morgan fingerprint density at radius 2 is 2.00 bits per heavy atom. The molecule has 1 unspecified atom stereocenters. The van der Waals surface area contributed by atoms with Crippen LogP contribution in [-0.4, -0.2) is 12.6 Å². The van der Waals surface area contributed by atoms with E-state index in [-0.39, 0.29) is 27.9 Å². The van der Waals surface area contributed by atoms with Crippen molar-refractivity contribution in [3.05, 3.63) is 23.8 Å². The van der Waals surface area contributed by atoms with Crippen LogP contribution >= 0.6 is 11.8 Å². The Kier molecular flexibility index (Phi) is 4.03. The van der Waals surface area contributed by atoms with Crippen molar-refractivity contribution in [2.45, 2.75) is 16.8 Å². The summed E-state index contributed by atoms with van der Waals surface area (Å²) in [6, 6.07) is 3.43. The van der Waals surface area contributed by atoms with Crippen LogP contribution in [-0.2, 0) is 4.74 Å². The number of hydrogen-bond donors (Lipinski definition) is 1. The van der Waals surface area contributed by atoms with Gasteiger partial charge >= 0.3 is 5.51 Å². The molecule has 0 aliphatic heterocycles. The molecule has 0 heterocycles. The maximum Gasteiger partial charge on any atom is 0.446 e. The SMILES string of the molecule is COC(F)c1cc(SC(F)(F)F)ccc1N. The maximum atomic E-state index is 13.1. The molecule has 2 N–H and O–H groups in total. The van der Waals surface area contributed by atoms with Crippen LogP contribution in [0.15, 0.2) is 23.1 Å². The lowest BCUT2D eigenvalue weighted by atomic mass is 10.2. The molecular formula is C9H9F4NOS. The van der Waals surface area contributed by atoms with Crippen LogP contribution in [0.3, 0.4) is 0 Å². The Morgan fingerprint density at radius 1 is 1.38 bits per heavy atom. The highest BCUT2D eigenvalue weighted by Gasteiger charge is 2.29. The maximum absolute atomic E-state index is 13.1. The first-order valence-corrected chi connectivity index (χ1v) is 4.97. The summed E-state index contributed by atoms with van der Waals surface area (Å²) >= 11 is -0.326. The molecule has 1 rings (SSSR count). The van der Waals surface area contributed by atoms with Crippen molar-refractivity contribution in [1.82, 2.24) is 0 Å². The summed E-state index contributed by atoms with van der Waals surface area (Å²) in [5.74, 6) is 0. The molecular weight excluding hydrogens is 246 g/mol. The minimum atomic E-state index is -4.41. The third-order valence-electron chi connectivity index (χ3n) is 1.74. The molecule has 0 aliphatic carbocycles. The fourth-order valence-corrected chi connectivity index (χ4v) is 1.66. The number of nitrogen functional groups attached to an aromatic ring is 1. The Labute approximate surface area is 93.8 Å². The Morgan fingerprint density at radius 3 is 2.50 bits per heavy atom. The van der Waals surface area contributed by atoms with E-state index in [9.17, 15) is 17.6 Å². The van der Waals surface area contributed by atoms with Gasteiger partial charge in [0.1, 0.15) is 0 Å². The lowest BCUT2D eigenvalue weighted by Gasteiger charge is -2.12. The van der Waals surface area contributed by atoms with Crippen LogP contribution < -0.4 is 5.73 Å². The largest absolute Gasteiger partial charge is 0.446 e. The molecule has 90 valence electrons. The average Bonchev–Trinajstić information content (AvgIpc) is 2.18. The second kappa shape index (κ2) is 4.92. The number of halogens is 4. The zero-order valence-electron chi connectivity index (χ0n) is 8.22. The number of nitrogens with two attached hydrogens (primary N) is 1. The van der Waals surface area contributed by atoms with Crippen LogP contribution in [0.4, 0.5) is 23.2 Å². The molecule has 16 heavy (non-hydrogen) atoms. The number of hydrogen-bond acceptors (Lipinski definition) is 3. The Bertz CT molecular complexity index is 369. The fourth-order valence-electron chi connectivity index (χ4n) is 1.07. The summed E-state index contributed by atoms with van der Waals surface area (Å²) in [5.41, 5.74) is 0.965. The van der Waals surface area contributed by atoms with Crippen molar-refractivity contribution in [1.29, 1.82) is 0 Å². The zero-order chi connectivity index (χ0) is 12.3.